The van der Waals surface area contributed by atoms with Gasteiger partial charge in [0.2, 0.25) is 0 Å². The average molecular weight is 476 g/mol. The van der Waals surface area contributed by atoms with Gasteiger partial charge in [0.25, 0.3) is 5.91 Å². The van der Waals surface area contributed by atoms with E-state index in [0.29, 0.717) is 18.0 Å². The van der Waals surface area contributed by atoms with Gasteiger partial charge in [-0.15, -0.1) is 24.8 Å². The van der Waals surface area contributed by atoms with Gasteiger partial charge in [0.1, 0.15) is 0 Å². The second-order valence-corrected chi connectivity index (χ2v) is 8.74. The van der Waals surface area contributed by atoms with E-state index in [9.17, 15) is 4.79 Å². The molecular weight excluding hydrogens is 441 g/mol. The van der Waals surface area contributed by atoms with Gasteiger partial charge in [-0.2, -0.15) is 0 Å². The zero-order chi connectivity index (χ0) is 20.9. The second kappa shape index (κ2) is 12.4. The summed E-state index contributed by atoms with van der Waals surface area (Å²) in [7, 11) is 1.67. The molecule has 1 aliphatic carbocycles. The number of piperidine rings is 1. The van der Waals surface area contributed by atoms with E-state index < -0.39 is 0 Å². The molecule has 1 saturated heterocycles. The van der Waals surface area contributed by atoms with Crippen LogP contribution in [0.15, 0.2) is 60.2 Å². The summed E-state index contributed by atoms with van der Waals surface area (Å²) in [5, 5.41) is 6.58. The van der Waals surface area contributed by atoms with Gasteiger partial charge in [-0.3, -0.25) is 9.69 Å². The van der Waals surface area contributed by atoms with Crippen LogP contribution in [0.3, 0.4) is 0 Å². The summed E-state index contributed by atoms with van der Waals surface area (Å²) >= 11 is 0. The van der Waals surface area contributed by atoms with Gasteiger partial charge in [-0.1, -0.05) is 54.1 Å². The maximum absolute atomic E-state index is 11.7. The number of carbonyl (C=O) groups is 1. The molecule has 2 N–H and O–H groups in total. The molecular formula is C26H35Cl2N3O. The smallest absolute Gasteiger partial charge is 0.251 e. The van der Waals surface area contributed by atoms with Crippen molar-refractivity contribution in [3.8, 4) is 0 Å². The fourth-order valence-corrected chi connectivity index (χ4v) is 4.53. The second-order valence-electron chi connectivity index (χ2n) is 8.74. The normalized spacial score (nSPS) is 21.2. The fraction of sp³-hybridized carbons (Fsp3) is 0.423. The minimum Gasteiger partial charge on any atom is -0.355 e. The molecule has 32 heavy (non-hydrogen) atoms. The fourth-order valence-electron chi connectivity index (χ4n) is 4.53. The van der Waals surface area contributed by atoms with E-state index >= 15 is 0 Å². The zero-order valence-corrected chi connectivity index (χ0v) is 20.6. The van der Waals surface area contributed by atoms with Crippen molar-refractivity contribution in [2.45, 2.75) is 44.8 Å². The number of nitrogens with one attached hydrogen (secondary N) is 2. The van der Waals surface area contributed by atoms with E-state index in [2.05, 4.69) is 71.0 Å². The Balaban J connectivity index is 0.00000181. The lowest BCUT2D eigenvalue weighted by Crippen LogP contribution is -2.43. The quantitative estimate of drug-likeness (QED) is 0.595. The highest BCUT2D eigenvalue weighted by atomic mass is 35.5. The van der Waals surface area contributed by atoms with Crippen molar-refractivity contribution in [3.05, 3.63) is 76.9 Å². The van der Waals surface area contributed by atoms with E-state index in [1.165, 1.54) is 36.0 Å². The molecule has 2 atom stereocenters. The van der Waals surface area contributed by atoms with Crippen LogP contribution >= 0.6 is 24.8 Å². The first-order valence-corrected chi connectivity index (χ1v) is 11.1. The van der Waals surface area contributed by atoms with Crippen LogP contribution in [0.2, 0.25) is 0 Å². The zero-order valence-electron chi connectivity index (χ0n) is 18.9. The average Bonchev–Trinajstić information content (AvgIpc) is 3.55. The first kappa shape index (κ1) is 26.4. The molecule has 0 spiro atoms. The molecule has 174 valence electrons. The lowest BCUT2D eigenvalue weighted by molar-refractivity contribution is 0.0963. The van der Waals surface area contributed by atoms with Gasteiger partial charge < -0.3 is 10.6 Å². The molecule has 2 unspecified atom stereocenters. The van der Waals surface area contributed by atoms with Crippen molar-refractivity contribution in [3.63, 3.8) is 0 Å². The number of carbonyl (C=O) groups excluding carboxylic acids is 1. The highest BCUT2D eigenvalue weighted by Gasteiger charge is 2.39. The molecule has 2 aromatic rings. The largest absolute Gasteiger partial charge is 0.355 e. The van der Waals surface area contributed by atoms with E-state index in [4.69, 9.17) is 0 Å². The van der Waals surface area contributed by atoms with Crippen LogP contribution in [0, 0.1) is 5.92 Å². The molecule has 2 aromatic carbocycles. The SMILES string of the molecule is CNC(=O)c1ccc(CN2CCC(NC3CC3/C(C)=C/c3ccccc3)CC2)cc1.Cl.Cl. The molecule has 2 fully saturated rings. The van der Waals surface area contributed by atoms with E-state index in [-0.39, 0.29) is 30.7 Å². The number of amides is 1. The van der Waals surface area contributed by atoms with Crippen molar-refractivity contribution in [2.24, 2.45) is 5.92 Å². The van der Waals surface area contributed by atoms with E-state index in [0.717, 1.165) is 25.2 Å². The Morgan fingerprint density at radius 3 is 2.31 bits per heavy atom. The monoisotopic (exact) mass is 475 g/mol. The highest BCUT2D eigenvalue weighted by Crippen LogP contribution is 2.38. The van der Waals surface area contributed by atoms with E-state index in [1.807, 2.05) is 12.1 Å². The first-order valence-electron chi connectivity index (χ1n) is 11.1. The summed E-state index contributed by atoms with van der Waals surface area (Å²) in [5.41, 5.74) is 4.80. The number of likely N-dealkylation sites (tertiary alicyclic amines) is 1. The van der Waals surface area contributed by atoms with Crippen molar-refractivity contribution < 1.29 is 4.79 Å². The van der Waals surface area contributed by atoms with Gasteiger partial charge in [0.05, 0.1) is 0 Å². The van der Waals surface area contributed by atoms with E-state index in [1.54, 1.807) is 7.05 Å². The Hall–Kier alpha value is -1.85. The van der Waals surface area contributed by atoms with Gasteiger partial charge >= 0.3 is 0 Å². The maximum Gasteiger partial charge on any atom is 0.251 e. The predicted octanol–water partition coefficient (Wildman–Crippen LogP) is 4.94. The third kappa shape index (κ3) is 7.08. The summed E-state index contributed by atoms with van der Waals surface area (Å²) < 4.78 is 0. The molecule has 4 rings (SSSR count). The maximum atomic E-state index is 11.7. The Labute approximate surface area is 204 Å². The number of benzene rings is 2. The van der Waals surface area contributed by atoms with Crippen LogP contribution in [0.5, 0.6) is 0 Å². The first-order chi connectivity index (χ1) is 14.6. The van der Waals surface area contributed by atoms with Gasteiger partial charge in [0.15, 0.2) is 0 Å². The van der Waals surface area contributed by atoms with Crippen LogP contribution in [-0.4, -0.2) is 43.0 Å². The molecule has 1 aliphatic heterocycles. The predicted molar refractivity (Wildman–Crippen MR) is 138 cm³/mol. The molecule has 1 saturated carbocycles. The molecule has 2 aliphatic rings. The van der Waals surface area contributed by atoms with Gasteiger partial charge in [-0.25, -0.2) is 0 Å². The molecule has 0 bridgehead atoms. The number of halogens is 2. The molecule has 0 aromatic heterocycles. The lowest BCUT2D eigenvalue weighted by Gasteiger charge is -2.32. The Morgan fingerprint density at radius 1 is 1.03 bits per heavy atom. The van der Waals surface area contributed by atoms with Gasteiger partial charge in [0, 0.05) is 31.2 Å². The van der Waals surface area contributed by atoms with Crippen molar-refractivity contribution in [1.82, 2.24) is 15.5 Å². The Morgan fingerprint density at radius 2 is 1.69 bits per heavy atom. The van der Waals surface area contributed by atoms with Crippen LogP contribution in [0.25, 0.3) is 6.08 Å². The van der Waals surface area contributed by atoms with Crippen molar-refractivity contribution in [1.29, 1.82) is 0 Å². The third-order valence-corrected chi connectivity index (χ3v) is 6.46. The minimum absolute atomic E-state index is 0. The Kier molecular flexibility index (Phi) is 10.2. The number of hydrogen-bond acceptors (Lipinski definition) is 3. The standard InChI is InChI=1S/C26H33N3O.2ClH/c1-19(16-20-6-4-3-5-7-20)24-17-25(24)28-23-12-14-29(15-13-23)18-21-8-10-22(11-9-21)26(30)27-2;;/h3-11,16,23-25,28H,12-15,17-18H2,1-2H3,(H,27,30);2*1H/b19-16+;;. The number of nitrogens with zero attached hydrogens (tertiary/aromatic N) is 1. The Bertz CT molecular complexity index is 878. The lowest BCUT2D eigenvalue weighted by atomic mass is 10.0. The van der Waals surface area contributed by atoms with Crippen molar-refractivity contribution >= 4 is 36.8 Å². The van der Waals surface area contributed by atoms with Crippen molar-refractivity contribution in [2.75, 3.05) is 20.1 Å². The van der Waals surface area contributed by atoms with Crippen LogP contribution in [-0.2, 0) is 6.54 Å². The summed E-state index contributed by atoms with van der Waals surface area (Å²) in [4.78, 5) is 14.2. The number of rotatable bonds is 7. The summed E-state index contributed by atoms with van der Waals surface area (Å²) in [6, 6.07) is 19.9. The van der Waals surface area contributed by atoms with Crippen LogP contribution in [0.4, 0.5) is 0 Å². The van der Waals surface area contributed by atoms with Crippen LogP contribution in [0.1, 0.15) is 47.7 Å². The summed E-state index contributed by atoms with van der Waals surface area (Å²) in [6.07, 6.45) is 6.03. The number of hydrogen-bond donors (Lipinski definition) is 2. The molecule has 1 amide bonds. The van der Waals surface area contributed by atoms with Crippen LogP contribution < -0.4 is 10.6 Å². The topological polar surface area (TPSA) is 44.4 Å². The molecule has 6 heteroatoms. The molecule has 0 radical (unpaired) electrons. The third-order valence-electron chi connectivity index (χ3n) is 6.46. The van der Waals surface area contributed by atoms with Gasteiger partial charge in [-0.05, 0) is 68.5 Å². The summed E-state index contributed by atoms with van der Waals surface area (Å²) in [5.74, 6) is 0.669. The molecule has 1 heterocycles. The minimum atomic E-state index is -0.0272. The summed E-state index contributed by atoms with van der Waals surface area (Å²) in [6.45, 7) is 5.50. The highest BCUT2D eigenvalue weighted by molar-refractivity contribution is 5.93. The molecule has 4 nitrogen and oxygen atoms in total.